The van der Waals surface area contributed by atoms with Crippen molar-refractivity contribution in [3.8, 4) is 0 Å². The molecule has 1 atom stereocenters. The van der Waals surface area contributed by atoms with E-state index in [1.54, 1.807) is 31.2 Å². The van der Waals surface area contributed by atoms with E-state index in [0.717, 1.165) is 31.7 Å². The quantitative estimate of drug-likeness (QED) is 0.919. The summed E-state index contributed by atoms with van der Waals surface area (Å²) < 4.78 is 0. The summed E-state index contributed by atoms with van der Waals surface area (Å²) in [5.41, 5.74) is -0.222. The van der Waals surface area contributed by atoms with Gasteiger partial charge in [-0.3, -0.25) is 4.90 Å². The number of piperazine rings is 1. The highest BCUT2D eigenvalue weighted by atomic mass is 35.5. The minimum atomic E-state index is -0.994. The first-order chi connectivity index (χ1) is 8.94. The van der Waals surface area contributed by atoms with E-state index in [1.807, 2.05) is 4.90 Å². The SMILES string of the molecule is CN1CCN(C(C)(C(=O)O)c2ccc(Cl)cc2)CC1. The van der Waals surface area contributed by atoms with Crippen molar-refractivity contribution in [2.24, 2.45) is 0 Å². The number of aliphatic carboxylic acids is 1. The summed E-state index contributed by atoms with van der Waals surface area (Å²) in [6.07, 6.45) is 0. The molecule has 104 valence electrons. The summed E-state index contributed by atoms with van der Waals surface area (Å²) in [7, 11) is 2.05. The van der Waals surface area contributed by atoms with E-state index < -0.39 is 11.5 Å². The van der Waals surface area contributed by atoms with Gasteiger partial charge in [0, 0.05) is 31.2 Å². The molecule has 5 heteroatoms. The van der Waals surface area contributed by atoms with E-state index >= 15 is 0 Å². The van der Waals surface area contributed by atoms with Crippen molar-refractivity contribution in [3.63, 3.8) is 0 Å². The molecular formula is C14H19ClN2O2. The summed E-state index contributed by atoms with van der Waals surface area (Å²) in [5, 5.41) is 10.3. The van der Waals surface area contributed by atoms with Crippen LogP contribution in [0.25, 0.3) is 0 Å². The van der Waals surface area contributed by atoms with Crippen molar-refractivity contribution in [1.82, 2.24) is 9.80 Å². The van der Waals surface area contributed by atoms with Crippen LogP contribution in [-0.4, -0.2) is 54.1 Å². The second kappa shape index (κ2) is 5.49. The standard InChI is InChI=1S/C14H19ClN2O2/c1-14(13(18)19,11-3-5-12(15)6-4-11)17-9-7-16(2)8-10-17/h3-6H,7-10H2,1-2H3,(H,18,19). The van der Waals surface area contributed by atoms with Crippen LogP contribution in [-0.2, 0) is 10.3 Å². The molecule has 0 saturated carbocycles. The molecule has 0 aromatic heterocycles. The largest absolute Gasteiger partial charge is 0.480 e. The van der Waals surface area contributed by atoms with Gasteiger partial charge in [-0.1, -0.05) is 23.7 Å². The van der Waals surface area contributed by atoms with Crippen LogP contribution in [0, 0.1) is 0 Å². The van der Waals surface area contributed by atoms with Crippen molar-refractivity contribution in [3.05, 3.63) is 34.9 Å². The second-order valence-corrected chi connectivity index (χ2v) is 5.61. The van der Waals surface area contributed by atoms with Crippen LogP contribution < -0.4 is 0 Å². The van der Waals surface area contributed by atoms with Gasteiger partial charge in [0.1, 0.15) is 5.54 Å². The highest BCUT2D eigenvalue weighted by molar-refractivity contribution is 6.30. The Labute approximate surface area is 118 Å². The van der Waals surface area contributed by atoms with Crippen LogP contribution >= 0.6 is 11.6 Å². The molecule has 0 bridgehead atoms. The Bertz CT molecular complexity index is 455. The van der Waals surface area contributed by atoms with Crippen molar-refractivity contribution in [2.75, 3.05) is 33.2 Å². The van der Waals surface area contributed by atoms with Gasteiger partial charge in [-0.15, -0.1) is 0 Å². The van der Waals surface area contributed by atoms with Crippen molar-refractivity contribution >= 4 is 17.6 Å². The first kappa shape index (κ1) is 14.3. The van der Waals surface area contributed by atoms with Crippen LogP contribution in [0.5, 0.6) is 0 Å². The third-order valence-electron chi connectivity index (χ3n) is 3.96. The third kappa shape index (κ3) is 2.76. The van der Waals surface area contributed by atoms with E-state index in [9.17, 15) is 9.90 Å². The Kier molecular flexibility index (Phi) is 4.13. The Morgan fingerprint density at radius 1 is 1.21 bits per heavy atom. The van der Waals surface area contributed by atoms with E-state index in [-0.39, 0.29) is 0 Å². The zero-order valence-electron chi connectivity index (χ0n) is 11.3. The maximum absolute atomic E-state index is 11.8. The number of likely N-dealkylation sites (N-methyl/N-ethyl adjacent to an activating group) is 1. The molecule has 1 aliphatic rings. The Morgan fingerprint density at radius 2 is 1.74 bits per heavy atom. The average Bonchev–Trinajstić information content (AvgIpc) is 2.39. The summed E-state index contributed by atoms with van der Waals surface area (Å²) in [4.78, 5) is 16.0. The minimum absolute atomic E-state index is 0.620. The first-order valence-electron chi connectivity index (χ1n) is 6.37. The second-order valence-electron chi connectivity index (χ2n) is 5.17. The number of carboxylic acids is 1. The van der Waals surface area contributed by atoms with Gasteiger partial charge >= 0.3 is 5.97 Å². The molecule has 1 saturated heterocycles. The van der Waals surface area contributed by atoms with Crippen molar-refractivity contribution in [2.45, 2.75) is 12.5 Å². The molecule has 0 radical (unpaired) electrons. The number of nitrogens with zero attached hydrogens (tertiary/aromatic N) is 2. The topological polar surface area (TPSA) is 43.8 Å². The number of hydrogen-bond acceptors (Lipinski definition) is 3. The van der Waals surface area contributed by atoms with Gasteiger partial charge in [-0.25, -0.2) is 4.79 Å². The van der Waals surface area contributed by atoms with Gasteiger partial charge in [0.2, 0.25) is 0 Å². The molecule has 1 unspecified atom stereocenters. The molecule has 1 N–H and O–H groups in total. The predicted molar refractivity (Wildman–Crippen MR) is 75.5 cm³/mol. The number of carboxylic acid groups (broad SMARTS) is 1. The Hall–Kier alpha value is -1.10. The first-order valence-corrected chi connectivity index (χ1v) is 6.75. The summed E-state index contributed by atoms with van der Waals surface area (Å²) in [6, 6.07) is 7.09. The molecule has 1 fully saturated rings. The fraction of sp³-hybridized carbons (Fsp3) is 0.500. The molecule has 1 aromatic carbocycles. The van der Waals surface area contributed by atoms with Crippen LogP contribution in [0.4, 0.5) is 0 Å². The van der Waals surface area contributed by atoms with Crippen molar-refractivity contribution in [1.29, 1.82) is 0 Å². The minimum Gasteiger partial charge on any atom is -0.480 e. The number of carbonyl (C=O) groups is 1. The summed E-state index contributed by atoms with van der Waals surface area (Å²) in [6.45, 7) is 5.04. The van der Waals surface area contributed by atoms with E-state index in [0.29, 0.717) is 5.02 Å². The molecule has 0 aliphatic carbocycles. The van der Waals surface area contributed by atoms with E-state index in [1.165, 1.54) is 0 Å². The van der Waals surface area contributed by atoms with Gasteiger partial charge in [-0.05, 0) is 31.7 Å². The van der Waals surface area contributed by atoms with Gasteiger partial charge in [0.05, 0.1) is 0 Å². The lowest BCUT2D eigenvalue weighted by molar-refractivity contribution is -0.152. The fourth-order valence-electron chi connectivity index (χ4n) is 2.47. The summed E-state index contributed by atoms with van der Waals surface area (Å²) in [5.74, 6) is -0.820. The van der Waals surface area contributed by atoms with Crippen LogP contribution in [0.3, 0.4) is 0 Å². The lowest BCUT2D eigenvalue weighted by Crippen LogP contribution is -2.56. The molecule has 4 nitrogen and oxygen atoms in total. The molecule has 2 rings (SSSR count). The number of rotatable bonds is 3. The normalized spacial score (nSPS) is 21.0. The lowest BCUT2D eigenvalue weighted by Gasteiger charge is -2.42. The van der Waals surface area contributed by atoms with Crippen LogP contribution in [0.1, 0.15) is 12.5 Å². The van der Waals surface area contributed by atoms with Gasteiger partial charge in [0.25, 0.3) is 0 Å². The summed E-state index contributed by atoms with van der Waals surface area (Å²) >= 11 is 5.88. The monoisotopic (exact) mass is 282 g/mol. The molecule has 0 spiro atoms. The van der Waals surface area contributed by atoms with Gasteiger partial charge in [-0.2, -0.15) is 0 Å². The van der Waals surface area contributed by atoms with Crippen molar-refractivity contribution < 1.29 is 9.90 Å². The highest BCUT2D eigenvalue weighted by Gasteiger charge is 2.42. The molecule has 1 aromatic rings. The molecule has 1 aliphatic heterocycles. The van der Waals surface area contributed by atoms with E-state index in [2.05, 4.69) is 11.9 Å². The van der Waals surface area contributed by atoms with Gasteiger partial charge < -0.3 is 10.0 Å². The third-order valence-corrected chi connectivity index (χ3v) is 4.21. The predicted octanol–water partition coefficient (Wildman–Crippen LogP) is 1.89. The number of benzene rings is 1. The smallest absolute Gasteiger partial charge is 0.328 e. The zero-order valence-corrected chi connectivity index (χ0v) is 12.0. The lowest BCUT2D eigenvalue weighted by atomic mass is 9.89. The average molecular weight is 283 g/mol. The maximum Gasteiger partial charge on any atom is 0.328 e. The van der Waals surface area contributed by atoms with Gasteiger partial charge in [0.15, 0.2) is 0 Å². The van der Waals surface area contributed by atoms with Crippen LogP contribution in [0.2, 0.25) is 5.02 Å². The fourth-order valence-corrected chi connectivity index (χ4v) is 2.60. The molecule has 0 amide bonds. The highest BCUT2D eigenvalue weighted by Crippen LogP contribution is 2.30. The number of hydrogen-bond donors (Lipinski definition) is 1. The molecule has 19 heavy (non-hydrogen) atoms. The Balaban J connectivity index is 2.32. The molecule has 1 heterocycles. The van der Waals surface area contributed by atoms with E-state index in [4.69, 9.17) is 11.6 Å². The Morgan fingerprint density at radius 3 is 2.21 bits per heavy atom. The van der Waals surface area contributed by atoms with Crippen LogP contribution in [0.15, 0.2) is 24.3 Å². The maximum atomic E-state index is 11.8. The number of halogens is 1. The zero-order chi connectivity index (χ0) is 14.0. The molecular weight excluding hydrogens is 264 g/mol.